The van der Waals surface area contributed by atoms with Crippen LogP contribution in [0.3, 0.4) is 0 Å². The Balaban J connectivity index is 2.23. The molecule has 0 bridgehead atoms. The van der Waals surface area contributed by atoms with Crippen LogP contribution in [0.2, 0.25) is 0 Å². The van der Waals surface area contributed by atoms with Gasteiger partial charge in [0.2, 0.25) is 0 Å². The Bertz CT molecular complexity index is 458. The van der Waals surface area contributed by atoms with Gasteiger partial charge in [0, 0.05) is 24.8 Å². The fraction of sp³-hybridized carbons (Fsp3) is 0.412. The second-order valence-electron chi connectivity index (χ2n) is 5.78. The minimum atomic E-state index is 0.539. The first kappa shape index (κ1) is 13.1. The molecule has 0 fully saturated rings. The number of hydrogen-bond acceptors (Lipinski definition) is 0. The van der Waals surface area contributed by atoms with Crippen molar-refractivity contribution in [2.75, 3.05) is 0 Å². The van der Waals surface area contributed by atoms with Crippen molar-refractivity contribution in [3.8, 4) is 0 Å². The molecule has 1 aromatic carbocycles. The van der Waals surface area contributed by atoms with Gasteiger partial charge >= 0.3 is 0 Å². The summed E-state index contributed by atoms with van der Waals surface area (Å²) in [4.78, 5) is 0. The first-order chi connectivity index (χ1) is 8.56. The maximum Gasteiger partial charge on any atom is 0.116 e. The molecule has 1 aliphatic rings. The van der Waals surface area contributed by atoms with Crippen molar-refractivity contribution in [1.29, 1.82) is 0 Å². The quantitative estimate of drug-likeness (QED) is 0.781. The molecule has 18 heavy (non-hydrogen) atoms. The summed E-state index contributed by atoms with van der Waals surface area (Å²) in [6, 6.07) is 10.0. The SMILES string of the molecule is C=C(C)C[C@@H]1Cc2ccccc2[C@@H](CC(=C)C)[NH2+]1. The minimum absolute atomic E-state index is 0.539. The van der Waals surface area contributed by atoms with E-state index in [2.05, 4.69) is 56.6 Å². The van der Waals surface area contributed by atoms with Crippen LogP contribution in [0.4, 0.5) is 0 Å². The van der Waals surface area contributed by atoms with E-state index in [1.54, 1.807) is 0 Å². The number of benzene rings is 1. The highest BCUT2D eigenvalue weighted by molar-refractivity contribution is 5.31. The monoisotopic (exact) mass is 242 g/mol. The van der Waals surface area contributed by atoms with Gasteiger partial charge in [0.15, 0.2) is 0 Å². The lowest BCUT2D eigenvalue weighted by atomic mass is 9.86. The standard InChI is InChI=1S/C17H23N/c1-12(2)9-15-11-14-7-5-6-8-16(14)17(18-15)10-13(3)4/h5-8,15,17-18H,1,3,9-11H2,2,4H3/p+1/t15-,17-/m1/s1. The Kier molecular flexibility index (Phi) is 4.03. The first-order valence-corrected chi connectivity index (χ1v) is 6.78. The van der Waals surface area contributed by atoms with Crippen LogP contribution in [-0.2, 0) is 6.42 Å². The van der Waals surface area contributed by atoms with Crippen LogP contribution < -0.4 is 5.32 Å². The van der Waals surface area contributed by atoms with E-state index in [1.165, 1.54) is 22.3 Å². The summed E-state index contributed by atoms with van der Waals surface area (Å²) in [5, 5.41) is 2.52. The zero-order valence-corrected chi connectivity index (χ0v) is 11.6. The lowest BCUT2D eigenvalue weighted by molar-refractivity contribution is -0.730. The Morgan fingerprint density at radius 3 is 2.50 bits per heavy atom. The highest BCUT2D eigenvalue weighted by Gasteiger charge is 2.29. The van der Waals surface area contributed by atoms with Crippen molar-refractivity contribution < 1.29 is 5.32 Å². The zero-order chi connectivity index (χ0) is 13.1. The van der Waals surface area contributed by atoms with Gasteiger partial charge in [-0.25, -0.2) is 0 Å². The smallest absolute Gasteiger partial charge is 0.116 e. The van der Waals surface area contributed by atoms with Crippen molar-refractivity contribution in [3.05, 3.63) is 59.7 Å². The number of rotatable bonds is 4. The number of fused-ring (bicyclic) bond motifs is 1. The van der Waals surface area contributed by atoms with Crippen molar-refractivity contribution in [2.24, 2.45) is 0 Å². The van der Waals surface area contributed by atoms with Crippen LogP contribution in [0.15, 0.2) is 48.6 Å². The van der Waals surface area contributed by atoms with E-state index < -0.39 is 0 Å². The molecule has 0 saturated heterocycles. The van der Waals surface area contributed by atoms with E-state index in [1.807, 2.05) is 0 Å². The molecule has 1 heteroatoms. The second-order valence-corrected chi connectivity index (χ2v) is 5.78. The third-order valence-corrected chi connectivity index (χ3v) is 3.62. The third-order valence-electron chi connectivity index (χ3n) is 3.62. The molecule has 0 saturated carbocycles. The summed E-state index contributed by atoms with van der Waals surface area (Å²) < 4.78 is 0. The molecule has 0 spiro atoms. The van der Waals surface area contributed by atoms with Crippen LogP contribution in [0.5, 0.6) is 0 Å². The van der Waals surface area contributed by atoms with Gasteiger partial charge < -0.3 is 5.32 Å². The molecule has 0 unspecified atom stereocenters. The van der Waals surface area contributed by atoms with Gasteiger partial charge in [-0.15, -0.1) is 0 Å². The molecule has 96 valence electrons. The number of nitrogens with two attached hydrogens (primary N) is 1. The number of quaternary nitrogens is 1. The van der Waals surface area contributed by atoms with E-state index >= 15 is 0 Å². The highest BCUT2D eigenvalue weighted by Crippen LogP contribution is 2.26. The zero-order valence-electron chi connectivity index (χ0n) is 11.6. The maximum atomic E-state index is 4.07. The third kappa shape index (κ3) is 3.11. The van der Waals surface area contributed by atoms with Gasteiger partial charge in [-0.05, 0) is 19.4 Å². The average Bonchev–Trinajstić information content (AvgIpc) is 2.27. The van der Waals surface area contributed by atoms with Crippen molar-refractivity contribution in [1.82, 2.24) is 0 Å². The topological polar surface area (TPSA) is 16.6 Å². The van der Waals surface area contributed by atoms with Crippen molar-refractivity contribution in [3.63, 3.8) is 0 Å². The Hall–Kier alpha value is -1.34. The lowest BCUT2D eigenvalue weighted by Gasteiger charge is -2.30. The summed E-state index contributed by atoms with van der Waals surface area (Å²) in [5.41, 5.74) is 5.56. The molecule has 1 aliphatic heterocycles. The Morgan fingerprint density at radius 2 is 1.83 bits per heavy atom. The lowest BCUT2D eigenvalue weighted by Crippen LogP contribution is -2.92. The molecule has 0 aromatic heterocycles. The molecule has 2 N–H and O–H groups in total. The first-order valence-electron chi connectivity index (χ1n) is 6.78. The molecule has 1 heterocycles. The van der Waals surface area contributed by atoms with Gasteiger partial charge in [0.25, 0.3) is 0 Å². The molecular weight excluding hydrogens is 218 g/mol. The van der Waals surface area contributed by atoms with Crippen LogP contribution in [0.25, 0.3) is 0 Å². The van der Waals surface area contributed by atoms with Crippen LogP contribution in [-0.4, -0.2) is 6.04 Å². The summed E-state index contributed by atoms with van der Waals surface area (Å²) >= 11 is 0. The molecule has 0 aliphatic carbocycles. The minimum Gasteiger partial charge on any atom is -0.337 e. The fourth-order valence-electron chi connectivity index (χ4n) is 3.01. The van der Waals surface area contributed by atoms with Crippen LogP contribution in [0, 0.1) is 0 Å². The van der Waals surface area contributed by atoms with E-state index in [0.29, 0.717) is 12.1 Å². The predicted octanol–water partition coefficient (Wildman–Crippen LogP) is 3.15. The molecule has 2 rings (SSSR count). The van der Waals surface area contributed by atoms with Crippen LogP contribution in [0.1, 0.15) is 43.9 Å². The molecule has 1 nitrogen and oxygen atoms in total. The molecule has 1 aromatic rings. The van der Waals surface area contributed by atoms with Gasteiger partial charge in [0.05, 0.1) is 6.04 Å². The summed E-state index contributed by atoms with van der Waals surface area (Å²) in [7, 11) is 0. The molecular formula is C17H24N+. The molecule has 2 atom stereocenters. The largest absolute Gasteiger partial charge is 0.337 e. The Morgan fingerprint density at radius 1 is 1.17 bits per heavy atom. The van der Waals surface area contributed by atoms with Gasteiger partial charge in [-0.2, -0.15) is 0 Å². The van der Waals surface area contributed by atoms with E-state index in [9.17, 15) is 0 Å². The van der Waals surface area contributed by atoms with Gasteiger partial charge in [0.1, 0.15) is 6.04 Å². The van der Waals surface area contributed by atoms with Crippen molar-refractivity contribution in [2.45, 2.75) is 45.2 Å². The predicted molar refractivity (Wildman–Crippen MR) is 77.5 cm³/mol. The Labute approximate surface area is 111 Å². The average molecular weight is 242 g/mol. The summed E-state index contributed by atoms with van der Waals surface area (Å²) in [6.07, 6.45) is 3.35. The summed E-state index contributed by atoms with van der Waals surface area (Å²) in [6.45, 7) is 12.4. The van der Waals surface area contributed by atoms with Gasteiger partial charge in [-0.1, -0.05) is 48.6 Å². The number of hydrogen-bond donors (Lipinski definition) is 1. The van der Waals surface area contributed by atoms with Gasteiger partial charge in [-0.3, -0.25) is 0 Å². The fourth-order valence-corrected chi connectivity index (χ4v) is 3.01. The molecule has 0 radical (unpaired) electrons. The van der Waals surface area contributed by atoms with Crippen LogP contribution >= 0.6 is 0 Å². The summed E-state index contributed by atoms with van der Waals surface area (Å²) in [5.74, 6) is 0. The van der Waals surface area contributed by atoms with E-state index in [0.717, 1.165) is 19.3 Å². The van der Waals surface area contributed by atoms with Crippen molar-refractivity contribution >= 4 is 0 Å². The maximum absolute atomic E-state index is 4.07. The normalized spacial score (nSPS) is 22.3. The highest BCUT2D eigenvalue weighted by atomic mass is 15.0. The molecule has 0 amide bonds. The second kappa shape index (κ2) is 5.53. The van der Waals surface area contributed by atoms with E-state index in [4.69, 9.17) is 0 Å². The van der Waals surface area contributed by atoms with E-state index in [-0.39, 0.29) is 0 Å².